The van der Waals surface area contributed by atoms with E-state index in [-0.39, 0.29) is 0 Å². The van der Waals surface area contributed by atoms with E-state index >= 15 is 0 Å². The molecule has 0 bridgehead atoms. The van der Waals surface area contributed by atoms with Crippen LogP contribution in [0.4, 0.5) is 0 Å². The quantitative estimate of drug-likeness (QED) is 0.716. The average Bonchev–Trinajstić information content (AvgIpc) is 3.11. The van der Waals surface area contributed by atoms with Gasteiger partial charge in [-0.2, -0.15) is 0 Å². The molecule has 3 aromatic rings. The van der Waals surface area contributed by atoms with Gasteiger partial charge in [-0.1, -0.05) is 36.4 Å². The highest BCUT2D eigenvalue weighted by Crippen LogP contribution is 2.21. The number of thiophene rings is 1. The molecule has 0 amide bonds. The van der Waals surface area contributed by atoms with Crippen LogP contribution in [0.15, 0.2) is 72.4 Å². The van der Waals surface area contributed by atoms with Crippen LogP contribution >= 0.6 is 11.3 Å². The molecule has 0 radical (unpaired) electrons. The number of hydrogen-bond donors (Lipinski definition) is 1. The molecule has 0 spiro atoms. The molecular formula is C19H20N2OS. The van der Waals surface area contributed by atoms with Crippen molar-refractivity contribution in [3.63, 3.8) is 0 Å². The summed E-state index contributed by atoms with van der Waals surface area (Å²) in [4.78, 5) is 7.36. The van der Waals surface area contributed by atoms with Crippen LogP contribution in [0.25, 0.3) is 0 Å². The molecule has 1 aromatic carbocycles. The standard InChI is InChI=1S/C19H20N2OS/c22-18(19-7-4-12-23-19)15-21(13-16-5-2-1-3-6-16)14-17-8-10-20-11-9-17/h1-12,18,22H,13-15H2/t18-/m0/s1. The topological polar surface area (TPSA) is 36.4 Å². The molecule has 118 valence electrons. The number of aromatic nitrogens is 1. The van der Waals surface area contributed by atoms with Crippen molar-refractivity contribution in [2.75, 3.05) is 6.54 Å². The van der Waals surface area contributed by atoms with E-state index in [1.807, 2.05) is 48.1 Å². The predicted octanol–water partition coefficient (Wildman–Crippen LogP) is 3.88. The summed E-state index contributed by atoms with van der Waals surface area (Å²) in [6, 6.07) is 18.4. The minimum atomic E-state index is -0.458. The van der Waals surface area contributed by atoms with Gasteiger partial charge in [0.15, 0.2) is 0 Å². The molecule has 0 saturated heterocycles. The number of aliphatic hydroxyl groups is 1. The maximum atomic E-state index is 10.5. The van der Waals surface area contributed by atoms with Crippen LogP contribution in [0.5, 0.6) is 0 Å². The summed E-state index contributed by atoms with van der Waals surface area (Å²) >= 11 is 1.60. The first kappa shape index (κ1) is 15.9. The van der Waals surface area contributed by atoms with E-state index in [9.17, 15) is 5.11 Å². The highest BCUT2D eigenvalue weighted by molar-refractivity contribution is 7.10. The second-order valence-electron chi connectivity index (χ2n) is 5.54. The van der Waals surface area contributed by atoms with Crippen molar-refractivity contribution in [1.82, 2.24) is 9.88 Å². The molecule has 0 fully saturated rings. The highest BCUT2D eigenvalue weighted by atomic mass is 32.1. The van der Waals surface area contributed by atoms with Crippen LogP contribution in [0.3, 0.4) is 0 Å². The molecule has 2 heterocycles. The Kier molecular flexibility index (Phi) is 5.53. The molecule has 0 aliphatic heterocycles. The number of pyridine rings is 1. The van der Waals surface area contributed by atoms with Gasteiger partial charge in [-0.15, -0.1) is 11.3 Å². The van der Waals surface area contributed by atoms with Crippen LogP contribution in [0.2, 0.25) is 0 Å². The van der Waals surface area contributed by atoms with Crippen molar-refractivity contribution in [3.8, 4) is 0 Å². The number of nitrogens with zero attached hydrogens (tertiary/aromatic N) is 2. The SMILES string of the molecule is O[C@@H](CN(Cc1ccccc1)Cc1ccncc1)c1cccs1. The minimum absolute atomic E-state index is 0.458. The molecule has 4 heteroatoms. The van der Waals surface area contributed by atoms with Crippen LogP contribution in [-0.2, 0) is 13.1 Å². The molecular weight excluding hydrogens is 304 g/mol. The Morgan fingerprint density at radius 1 is 0.913 bits per heavy atom. The summed E-state index contributed by atoms with van der Waals surface area (Å²) in [5, 5.41) is 12.5. The first-order chi connectivity index (χ1) is 11.3. The normalized spacial score (nSPS) is 12.4. The van der Waals surface area contributed by atoms with E-state index in [1.165, 1.54) is 11.1 Å². The van der Waals surface area contributed by atoms with Gasteiger partial charge in [-0.3, -0.25) is 9.88 Å². The molecule has 3 rings (SSSR count). The maximum absolute atomic E-state index is 10.5. The first-order valence-electron chi connectivity index (χ1n) is 7.68. The summed E-state index contributed by atoms with van der Waals surface area (Å²) in [6.45, 7) is 2.21. The molecule has 0 aliphatic carbocycles. The summed E-state index contributed by atoms with van der Waals surface area (Å²) in [5.74, 6) is 0. The predicted molar refractivity (Wildman–Crippen MR) is 94.1 cm³/mol. The van der Waals surface area contributed by atoms with Gasteiger partial charge in [0.05, 0.1) is 0 Å². The molecule has 0 aliphatic rings. The van der Waals surface area contributed by atoms with Crippen LogP contribution < -0.4 is 0 Å². The zero-order valence-electron chi connectivity index (χ0n) is 12.9. The van der Waals surface area contributed by atoms with E-state index in [0.29, 0.717) is 6.54 Å². The lowest BCUT2D eigenvalue weighted by Gasteiger charge is -2.25. The monoisotopic (exact) mass is 324 g/mol. The molecule has 23 heavy (non-hydrogen) atoms. The van der Waals surface area contributed by atoms with E-state index in [2.05, 4.69) is 34.1 Å². The van der Waals surface area contributed by atoms with Crippen LogP contribution in [0.1, 0.15) is 22.1 Å². The van der Waals surface area contributed by atoms with Crippen molar-refractivity contribution < 1.29 is 5.11 Å². The van der Waals surface area contributed by atoms with Gasteiger partial charge in [0.2, 0.25) is 0 Å². The van der Waals surface area contributed by atoms with Gasteiger partial charge in [0.1, 0.15) is 6.10 Å². The first-order valence-corrected chi connectivity index (χ1v) is 8.56. The third kappa shape index (κ3) is 4.73. The Bertz CT molecular complexity index is 644. The lowest BCUT2D eigenvalue weighted by Crippen LogP contribution is -2.27. The lowest BCUT2D eigenvalue weighted by molar-refractivity contribution is 0.107. The van der Waals surface area contributed by atoms with Crippen molar-refractivity contribution in [2.45, 2.75) is 19.2 Å². The van der Waals surface area contributed by atoms with Gasteiger partial charge in [0, 0.05) is 36.9 Å². The van der Waals surface area contributed by atoms with Crippen LogP contribution in [0, 0.1) is 0 Å². The number of hydrogen-bond acceptors (Lipinski definition) is 4. The van der Waals surface area contributed by atoms with Crippen molar-refractivity contribution in [1.29, 1.82) is 0 Å². The Hall–Kier alpha value is -2.01. The van der Waals surface area contributed by atoms with E-state index in [0.717, 1.165) is 18.0 Å². The molecule has 2 aromatic heterocycles. The zero-order valence-corrected chi connectivity index (χ0v) is 13.7. The summed E-state index contributed by atoms with van der Waals surface area (Å²) < 4.78 is 0. The van der Waals surface area contributed by atoms with Gasteiger partial charge in [-0.05, 0) is 34.7 Å². The van der Waals surface area contributed by atoms with Crippen molar-refractivity contribution in [2.24, 2.45) is 0 Å². The van der Waals surface area contributed by atoms with Gasteiger partial charge >= 0.3 is 0 Å². The average molecular weight is 324 g/mol. The van der Waals surface area contributed by atoms with E-state index in [1.54, 1.807) is 11.3 Å². The van der Waals surface area contributed by atoms with Gasteiger partial charge in [-0.25, -0.2) is 0 Å². The maximum Gasteiger partial charge on any atom is 0.101 e. The smallest absolute Gasteiger partial charge is 0.101 e. The van der Waals surface area contributed by atoms with Crippen molar-refractivity contribution in [3.05, 3.63) is 88.4 Å². The Labute approximate surface area is 140 Å². The number of benzene rings is 1. The molecule has 1 atom stereocenters. The number of rotatable bonds is 7. The van der Waals surface area contributed by atoms with Crippen LogP contribution in [-0.4, -0.2) is 21.5 Å². The molecule has 3 nitrogen and oxygen atoms in total. The van der Waals surface area contributed by atoms with Gasteiger partial charge < -0.3 is 5.11 Å². The van der Waals surface area contributed by atoms with Gasteiger partial charge in [0.25, 0.3) is 0 Å². The van der Waals surface area contributed by atoms with Crippen molar-refractivity contribution >= 4 is 11.3 Å². The van der Waals surface area contributed by atoms with E-state index < -0.39 is 6.10 Å². The third-order valence-corrected chi connectivity index (χ3v) is 4.68. The zero-order chi connectivity index (χ0) is 15.9. The Morgan fingerprint density at radius 2 is 1.61 bits per heavy atom. The van der Waals surface area contributed by atoms with E-state index in [4.69, 9.17) is 0 Å². The Balaban J connectivity index is 1.72. The Morgan fingerprint density at radius 3 is 2.26 bits per heavy atom. The fraction of sp³-hybridized carbons (Fsp3) is 0.211. The summed E-state index contributed by atoms with van der Waals surface area (Å²) in [6.07, 6.45) is 3.16. The molecule has 1 N–H and O–H groups in total. The molecule has 0 unspecified atom stereocenters. The second kappa shape index (κ2) is 8.02. The number of aliphatic hydroxyl groups excluding tert-OH is 1. The highest BCUT2D eigenvalue weighted by Gasteiger charge is 2.15. The second-order valence-corrected chi connectivity index (χ2v) is 6.52. The summed E-state index contributed by atoms with van der Waals surface area (Å²) in [7, 11) is 0. The third-order valence-electron chi connectivity index (χ3n) is 3.71. The lowest BCUT2D eigenvalue weighted by atomic mass is 10.1. The molecule has 0 saturated carbocycles. The summed E-state index contributed by atoms with van der Waals surface area (Å²) in [5.41, 5.74) is 2.45. The largest absolute Gasteiger partial charge is 0.386 e. The fourth-order valence-corrected chi connectivity index (χ4v) is 3.29. The minimum Gasteiger partial charge on any atom is -0.386 e. The fourth-order valence-electron chi connectivity index (χ4n) is 2.59.